The number of H-pyrrole nitrogens is 1. The van der Waals surface area contributed by atoms with Crippen LogP contribution in [-0.2, 0) is 6.54 Å². The van der Waals surface area contributed by atoms with Gasteiger partial charge in [-0.2, -0.15) is 0 Å². The van der Waals surface area contributed by atoms with Crippen molar-refractivity contribution in [2.24, 2.45) is 0 Å². The van der Waals surface area contributed by atoms with Crippen molar-refractivity contribution in [1.82, 2.24) is 9.55 Å². The van der Waals surface area contributed by atoms with Crippen molar-refractivity contribution in [3.05, 3.63) is 68.6 Å². The quantitative estimate of drug-likeness (QED) is 0.520. The topological polar surface area (TPSA) is 131 Å². The van der Waals surface area contributed by atoms with E-state index in [0.29, 0.717) is 29.9 Å². The first kappa shape index (κ1) is 22.8. The Kier molecular flexibility index (Phi) is 6.77. The third kappa shape index (κ3) is 4.41. The number of nitrogens with two attached hydrogens (primary N) is 1. The molecule has 1 aromatic carbocycles. The van der Waals surface area contributed by atoms with Crippen molar-refractivity contribution in [2.45, 2.75) is 40.2 Å². The first-order valence-electron chi connectivity index (χ1n) is 10.4. The third-order valence-electron chi connectivity index (χ3n) is 5.17. The van der Waals surface area contributed by atoms with Crippen molar-refractivity contribution >= 4 is 23.2 Å². The number of carbonyl (C=O) groups is 2. The number of aromatic amines is 1. The van der Waals surface area contributed by atoms with E-state index in [9.17, 15) is 19.2 Å². The Labute approximate surface area is 184 Å². The fraction of sp³-hybridized carbons (Fsp3) is 0.304. The van der Waals surface area contributed by atoms with Gasteiger partial charge in [-0.25, -0.2) is 4.79 Å². The summed E-state index contributed by atoms with van der Waals surface area (Å²) in [5, 5.41) is 0. The average Bonchev–Trinajstić information content (AvgIpc) is 3.26. The van der Waals surface area contributed by atoms with Crippen LogP contribution in [0.4, 0.5) is 11.5 Å². The van der Waals surface area contributed by atoms with Gasteiger partial charge in [0.15, 0.2) is 17.2 Å². The monoisotopic (exact) mass is 438 g/mol. The molecular weight excluding hydrogens is 412 g/mol. The number of Topliss-reactive ketones (excluding diaryl/α,β-unsaturated/α-hetero) is 1. The number of rotatable bonds is 8. The molecule has 9 heteroatoms. The molecular formula is C23H26N4O5. The van der Waals surface area contributed by atoms with E-state index >= 15 is 0 Å². The first-order valence-corrected chi connectivity index (χ1v) is 10.4. The Morgan fingerprint density at radius 1 is 1.09 bits per heavy atom. The summed E-state index contributed by atoms with van der Waals surface area (Å²) in [6, 6.07) is 9.97. The van der Waals surface area contributed by atoms with Gasteiger partial charge in [0.25, 0.3) is 11.5 Å². The molecule has 0 spiro atoms. The van der Waals surface area contributed by atoms with Crippen LogP contribution in [0.5, 0.6) is 0 Å². The van der Waals surface area contributed by atoms with Crippen LogP contribution in [0.2, 0.25) is 0 Å². The smallest absolute Gasteiger partial charge is 0.330 e. The molecule has 0 bridgehead atoms. The predicted molar refractivity (Wildman–Crippen MR) is 122 cm³/mol. The number of aromatic nitrogens is 2. The van der Waals surface area contributed by atoms with Crippen LogP contribution in [0, 0.1) is 0 Å². The summed E-state index contributed by atoms with van der Waals surface area (Å²) in [5.74, 6) is -0.212. The van der Waals surface area contributed by atoms with E-state index in [-0.39, 0.29) is 29.6 Å². The van der Waals surface area contributed by atoms with Crippen molar-refractivity contribution in [2.75, 3.05) is 17.2 Å². The molecule has 0 saturated carbocycles. The second-order valence-corrected chi connectivity index (χ2v) is 7.35. The second kappa shape index (κ2) is 9.51. The molecule has 0 unspecified atom stereocenters. The number of furan rings is 1. The highest BCUT2D eigenvalue weighted by Gasteiger charge is 2.26. The molecule has 0 fully saturated rings. The van der Waals surface area contributed by atoms with Crippen LogP contribution < -0.4 is 21.9 Å². The van der Waals surface area contributed by atoms with Crippen molar-refractivity contribution < 1.29 is 14.0 Å². The normalized spacial score (nSPS) is 10.8. The summed E-state index contributed by atoms with van der Waals surface area (Å²) in [7, 11) is 0. The predicted octanol–water partition coefficient (Wildman–Crippen LogP) is 3.05. The van der Waals surface area contributed by atoms with Crippen molar-refractivity contribution in [3.8, 4) is 11.3 Å². The summed E-state index contributed by atoms with van der Waals surface area (Å²) in [6.45, 7) is 5.62. The van der Waals surface area contributed by atoms with Gasteiger partial charge in [0.1, 0.15) is 11.6 Å². The van der Waals surface area contributed by atoms with Crippen LogP contribution >= 0.6 is 0 Å². The zero-order valence-corrected chi connectivity index (χ0v) is 18.3. The number of amides is 1. The lowest BCUT2D eigenvalue weighted by Crippen LogP contribution is -2.41. The van der Waals surface area contributed by atoms with Crippen LogP contribution in [-0.4, -0.2) is 27.8 Å². The van der Waals surface area contributed by atoms with Crippen LogP contribution in [0.1, 0.15) is 54.5 Å². The zero-order chi connectivity index (χ0) is 23.4. The minimum absolute atomic E-state index is 0.0163. The van der Waals surface area contributed by atoms with E-state index in [1.165, 1.54) is 22.5 Å². The van der Waals surface area contributed by atoms with E-state index in [4.69, 9.17) is 10.2 Å². The highest BCUT2D eigenvalue weighted by molar-refractivity contribution is 6.05. The van der Waals surface area contributed by atoms with Crippen LogP contribution in [0.15, 0.2) is 50.4 Å². The van der Waals surface area contributed by atoms with Gasteiger partial charge in [-0.05, 0) is 32.4 Å². The van der Waals surface area contributed by atoms with E-state index < -0.39 is 17.2 Å². The molecule has 2 heterocycles. The standard InChI is InChI=1S/C23H26N4O5/c1-4-6-13-27-20(24)19(21(29)25-23(27)31)26(5-2)22(30)18-12-11-17(32-18)16-9-7-15(8-10-16)14(3)28/h7-12H,4-6,13,24H2,1-3H3,(H,25,29,31). The Bertz CT molecular complexity index is 1250. The van der Waals surface area contributed by atoms with Gasteiger partial charge in [-0.1, -0.05) is 37.6 Å². The lowest BCUT2D eigenvalue weighted by Gasteiger charge is -2.22. The lowest BCUT2D eigenvalue weighted by atomic mass is 10.1. The van der Waals surface area contributed by atoms with Gasteiger partial charge < -0.3 is 10.2 Å². The molecule has 0 aliphatic rings. The van der Waals surface area contributed by atoms with Gasteiger partial charge in [-0.3, -0.25) is 28.8 Å². The third-order valence-corrected chi connectivity index (χ3v) is 5.17. The number of ketones is 1. The van der Waals surface area contributed by atoms with Gasteiger partial charge in [0, 0.05) is 24.2 Å². The van der Waals surface area contributed by atoms with E-state index in [0.717, 1.165) is 6.42 Å². The number of benzene rings is 1. The zero-order valence-electron chi connectivity index (χ0n) is 18.3. The number of nitrogens with one attached hydrogen (secondary N) is 1. The molecule has 3 aromatic rings. The maximum Gasteiger partial charge on any atom is 0.330 e. The molecule has 2 aromatic heterocycles. The van der Waals surface area contributed by atoms with Crippen LogP contribution in [0.3, 0.4) is 0 Å². The minimum Gasteiger partial charge on any atom is -0.451 e. The molecule has 3 rings (SSSR count). The SMILES string of the molecule is CCCCn1c(N)c(N(CC)C(=O)c2ccc(-c3ccc(C(C)=O)cc3)o2)c(=O)[nH]c1=O. The van der Waals surface area contributed by atoms with Gasteiger partial charge >= 0.3 is 5.69 Å². The number of nitrogens with zero attached hydrogens (tertiary/aromatic N) is 2. The maximum atomic E-state index is 13.2. The van der Waals surface area contributed by atoms with Gasteiger partial charge in [0.05, 0.1) is 0 Å². The largest absolute Gasteiger partial charge is 0.451 e. The minimum atomic E-state index is -0.734. The van der Waals surface area contributed by atoms with E-state index in [1.54, 1.807) is 37.3 Å². The second-order valence-electron chi connectivity index (χ2n) is 7.35. The highest BCUT2D eigenvalue weighted by Crippen LogP contribution is 2.25. The average molecular weight is 438 g/mol. The summed E-state index contributed by atoms with van der Waals surface area (Å²) < 4.78 is 7.00. The number of carbonyl (C=O) groups excluding carboxylic acids is 2. The molecule has 0 atom stereocenters. The Balaban J connectivity index is 1.96. The molecule has 0 saturated heterocycles. The lowest BCUT2D eigenvalue weighted by molar-refractivity contribution is 0.0961. The summed E-state index contributed by atoms with van der Waals surface area (Å²) >= 11 is 0. The fourth-order valence-electron chi connectivity index (χ4n) is 3.39. The fourth-order valence-corrected chi connectivity index (χ4v) is 3.39. The van der Waals surface area contributed by atoms with Crippen LogP contribution in [0.25, 0.3) is 11.3 Å². The van der Waals surface area contributed by atoms with E-state index in [1.807, 2.05) is 6.92 Å². The molecule has 3 N–H and O–H groups in total. The van der Waals surface area contributed by atoms with Crippen molar-refractivity contribution in [1.29, 1.82) is 0 Å². The van der Waals surface area contributed by atoms with Crippen molar-refractivity contribution in [3.63, 3.8) is 0 Å². The number of hydrogen-bond donors (Lipinski definition) is 2. The highest BCUT2D eigenvalue weighted by atomic mass is 16.4. The summed E-state index contributed by atoms with van der Waals surface area (Å²) in [6.07, 6.45) is 1.53. The van der Waals surface area contributed by atoms with Gasteiger partial charge in [0.2, 0.25) is 0 Å². The molecule has 0 radical (unpaired) electrons. The molecule has 32 heavy (non-hydrogen) atoms. The van der Waals surface area contributed by atoms with E-state index in [2.05, 4.69) is 4.98 Å². The maximum absolute atomic E-state index is 13.2. The Morgan fingerprint density at radius 2 is 1.78 bits per heavy atom. The summed E-state index contributed by atoms with van der Waals surface area (Å²) in [4.78, 5) is 52.8. The number of unbranched alkanes of at least 4 members (excludes halogenated alkanes) is 1. The molecule has 9 nitrogen and oxygen atoms in total. The summed E-state index contributed by atoms with van der Waals surface area (Å²) in [5.41, 5.74) is 5.98. The molecule has 1 amide bonds. The number of nitrogen functional groups attached to an aromatic ring is 1. The first-order chi connectivity index (χ1) is 15.3. The molecule has 0 aliphatic heterocycles. The molecule has 0 aliphatic carbocycles. The Hall–Kier alpha value is -3.88. The molecule has 168 valence electrons. The number of hydrogen-bond acceptors (Lipinski definition) is 6. The Morgan fingerprint density at radius 3 is 2.38 bits per heavy atom. The number of anilines is 2. The van der Waals surface area contributed by atoms with Gasteiger partial charge in [-0.15, -0.1) is 0 Å².